The highest BCUT2D eigenvalue weighted by atomic mass is 15.2. The zero-order valence-electron chi connectivity index (χ0n) is 11.0. The first kappa shape index (κ1) is 12.4. The molecule has 0 aliphatic carbocycles. The zero-order valence-corrected chi connectivity index (χ0v) is 11.0. The molecule has 2 aliphatic rings. The highest BCUT2D eigenvalue weighted by molar-refractivity contribution is 4.87. The van der Waals surface area contributed by atoms with E-state index >= 15 is 0 Å². The molecule has 1 N–H and O–H groups in total. The van der Waals surface area contributed by atoms with Crippen LogP contribution in [0.15, 0.2) is 0 Å². The molecule has 0 saturated carbocycles. The summed E-state index contributed by atoms with van der Waals surface area (Å²) < 4.78 is 0. The molecule has 0 aromatic carbocycles. The van der Waals surface area contributed by atoms with Crippen LogP contribution in [0.3, 0.4) is 0 Å². The van der Waals surface area contributed by atoms with Crippen LogP contribution in [0.5, 0.6) is 0 Å². The number of nitrogens with zero attached hydrogens (tertiary/aromatic N) is 1. The van der Waals surface area contributed by atoms with Crippen molar-refractivity contribution in [3.8, 4) is 0 Å². The van der Waals surface area contributed by atoms with Crippen molar-refractivity contribution in [3.05, 3.63) is 0 Å². The molecule has 94 valence electrons. The summed E-state index contributed by atoms with van der Waals surface area (Å²) in [6, 6.07) is 2.49. The smallest absolute Gasteiger partial charge is 0.0125 e. The number of piperidine rings is 2. The third-order valence-electron chi connectivity index (χ3n) is 4.36. The zero-order chi connectivity index (χ0) is 11.4. The molecule has 3 atom stereocenters. The van der Waals surface area contributed by atoms with Crippen molar-refractivity contribution >= 4 is 0 Å². The number of rotatable bonds is 3. The summed E-state index contributed by atoms with van der Waals surface area (Å²) in [6.07, 6.45) is 9.83. The van der Waals surface area contributed by atoms with Crippen LogP contribution in [-0.4, -0.2) is 36.1 Å². The Morgan fingerprint density at radius 1 is 1.25 bits per heavy atom. The van der Waals surface area contributed by atoms with Crippen LogP contribution in [0.1, 0.15) is 58.8 Å². The number of hydrogen-bond donors (Lipinski definition) is 1. The molecule has 2 heterocycles. The van der Waals surface area contributed by atoms with Gasteiger partial charge in [-0.3, -0.25) is 4.90 Å². The molecule has 16 heavy (non-hydrogen) atoms. The topological polar surface area (TPSA) is 15.3 Å². The summed E-state index contributed by atoms with van der Waals surface area (Å²) in [5, 5.41) is 3.57. The first-order valence-corrected chi connectivity index (χ1v) is 7.30. The summed E-state index contributed by atoms with van der Waals surface area (Å²) in [5.41, 5.74) is 0. The van der Waals surface area contributed by atoms with Gasteiger partial charge >= 0.3 is 0 Å². The van der Waals surface area contributed by atoms with Gasteiger partial charge in [0.25, 0.3) is 0 Å². The average Bonchev–Trinajstić information content (AvgIpc) is 2.30. The van der Waals surface area contributed by atoms with Crippen LogP contribution in [0.2, 0.25) is 0 Å². The second-order valence-electron chi connectivity index (χ2n) is 5.71. The van der Waals surface area contributed by atoms with Gasteiger partial charge in [-0.2, -0.15) is 0 Å². The molecule has 2 saturated heterocycles. The molecule has 0 spiro atoms. The molecule has 0 aromatic rings. The molecular formula is C14H28N2. The summed E-state index contributed by atoms with van der Waals surface area (Å²) in [5.74, 6) is 0. The van der Waals surface area contributed by atoms with Crippen molar-refractivity contribution in [2.45, 2.75) is 76.9 Å². The van der Waals surface area contributed by atoms with E-state index in [-0.39, 0.29) is 0 Å². The van der Waals surface area contributed by atoms with Gasteiger partial charge in [0, 0.05) is 18.1 Å². The van der Waals surface area contributed by atoms with Crippen molar-refractivity contribution < 1.29 is 0 Å². The van der Waals surface area contributed by atoms with Crippen molar-refractivity contribution in [1.82, 2.24) is 10.2 Å². The van der Waals surface area contributed by atoms with Gasteiger partial charge in [-0.15, -0.1) is 0 Å². The predicted octanol–water partition coefficient (Wildman–Crippen LogP) is 2.78. The van der Waals surface area contributed by atoms with Crippen LogP contribution in [0.4, 0.5) is 0 Å². The molecule has 0 amide bonds. The predicted molar refractivity (Wildman–Crippen MR) is 69.7 cm³/mol. The fourth-order valence-electron chi connectivity index (χ4n) is 3.55. The van der Waals surface area contributed by atoms with E-state index in [1.807, 2.05) is 0 Å². The molecule has 2 rings (SSSR count). The van der Waals surface area contributed by atoms with Crippen LogP contribution in [-0.2, 0) is 0 Å². The molecule has 0 aromatic heterocycles. The molecule has 2 nitrogen and oxygen atoms in total. The highest BCUT2D eigenvalue weighted by Crippen LogP contribution is 2.27. The van der Waals surface area contributed by atoms with E-state index in [0.29, 0.717) is 0 Å². The van der Waals surface area contributed by atoms with Gasteiger partial charge in [0.2, 0.25) is 0 Å². The summed E-state index contributed by atoms with van der Waals surface area (Å²) in [4.78, 5) is 2.85. The molecule has 2 heteroatoms. The second kappa shape index (κ2) is 6.02. The third-order valence-corrected chi connectivity index (χ3v) is 4.36. The average molecular weight is 224 g/mol. The van der Waals surface area contributed by atoms with E-state index < -0.39 is 0 Å². The van der Waals surface area contributed by atoms with Gasteiger partial charge < -0.3 is 5.32 Å². The largest absolute Gasteiger partial charge is 0.314 e. The van der Waals surface area contributed by atoms with Crippen LogP contribution >= 0.6 is 0 Å². The minimum Gasteiger partial charge on any atom is -0.314 e. The van der Waals surface area contributed by atoms with Crippen molar-refractivity contribution in [2.24, 2.45) is 0 Å². The van der Waals surface area contributed by atoms with Crippen LogP contribution in [0, 0.1) is 0 Å². The Hall–Kier alpha value is -0.0800. The van der Waals surface area contributed by atoms with Crippen molar-refractivity contribution in [3.63, 3.8) is 0 Å². The van der Waals surface area contributed by atoms with Crippen LogP contribution < -0.4 is 5.32 Å². The maximum absolute atomic E-state index is 3.57. The molecule has 0 bridgehead atoms. The Bertz CT molecular complexity index is 203. The lowest BCUT2D eigenvalue weighted by atomic mass is 9.91. The summed E-state index contributed by atoms with van der Waals surface area (Å²) >= 11 is 0. The van der Waals surface area contributed by atoms with Crippen LogP contribution in [0.25, 0.3) is 0 Å². The highest BCUT2D eigenvalue weighted by Gasteiger charge is 2.30. The second-order valence-corrected chi connectivity index (χ2v) is 5.71. The Morgan fingerprint density at radius 2 is 2.12 bits per heavy atom. The molecule has 2 fully saturated rings. The van der Waals surface area contributed by atoms with E-state index in [1.54, 1.807) is 0 Å². The van der Waals surface area contributed by atoms with Gasteiger partial charge in [-0.05, 0) is 52.1 Å². The van der Waals surface area contributed by atoms with E-state index in [2.05, 4.69) is 24.1 Å². The fraction of sp³-hybridized carbons (Fsp3) is 1.00. The van der Waals surface area contributed by atoms with E-state index in [1.165, 1.54) is 58.0 Å². The maximum atomic E-state index is 3.57. The normalized spacial score (nSPS) is 37.5. The first-order valence-electron chi connectivity index (χ1n) is 7.30. The Labute approximate surface area is 101 Å². The molecule has 0 radical (unpaired) electrons. The number of likely N-dealkylation sites (tertiary alicyclic amines) is 1. The molecule has 3 unspecified atom stereocenters. The molecular weight excluding hydrogens is 196 g/mol. The van der Waals surface area contributed by atoms with E-state index in [4.69, 9.17) is 0 Å². The Morgan fingerprint density at radius 3 is 2.88 bits per heavy atom. The third kappa shape index (κ3) is 2.98. The lowest BCUT2D eigenvalue weighted by Crippen LogP contribution is -2.52. The van der Waals surface area contributed by atoms with E-state index in [0.717, 1.165) is 18.1 Å². The lowest BCUT2D eigenvalue weighted by Gasteiger charge is -2.44. The van der Waals surface area contributed by atoms with Gasteiger partial charge in [-0.25, -0.2) is 0 Å². The minimum atomic E-state index is 0.725. The standard InChI is InChI=1S/C14H28N2/c1-3-6-13-7-4-5-10-16(13)14-8-9-15-12(2)11-14/h12-15H,3-11H2,1-2H3. The number of hydrogen-bond acceptors (Lipinski definition) is 2. The fourth-order valence-corrected chi connectivity index (χ4v) is 3.55. The SMILES string of the molecule is CCCC1CCCCN1C1CCNC(C)C1. The monoisotopic (exact) mass is 224 g/mol. The summed E-state index contributed by atoms with van der Waals surface area (Å²) in [6.45, 7) is 7.26. The van der Waals surface area contributed by atoms with E-state index in [9.17, 15) is 0 Å². The van der Waals surface area contributed by atoms with Crippen molar-refractivity contribution in [2.75, 3.05) is 13.1 Å². The molecule has 2 aliphatic heterocycles. The summed E-state index contributed by atoms with van der Waals surface area (Å²) in [7, 11) is 0. The van der Waals surface area contributed by atoms with Gasteiger partial charge in [0.15, 0.2) is 0 Å². The Balaban J connectivity index is 1.93. The minimum absolute atomic E-state index is 0.725. The van der Waals surface area contributed by atoms with Gasteiger partial charge in [0.05, 0.1) is 0 Å². The van der Waals surface area contributed by atoms with Gasteiger partial charge in [0.1, 0.15) is 0 Å². The number of nitrogens with one attached hydrogen (secondary N) is 1. The lowest BCUT2D eigenvalue weighted by molar-refractivity contribution is 0.0633. The van der Waals surface area contributed by atoms with Crippen molar-refractivity contribution in [1.29, 1.82) is 0 Å². The maximum Gasteiger partial charge on any atom is 0.0125 e. The first-order chi connectivity index (χ1) is 7.81. The quantitative estimate of drug-likeness (QED) is 0.793. The Kier molecular flexibility index (Phi) is 4.66. The van der Waals surface area contributed by atoms with Gasteiger partial charge in [-0.1, -0.05) is 19.8 Å².